The lowest BCUT2D eigenvalue weighted by Crippen LogP contribution is -2.01. The molecule has 5 heteroatoms. The molecule has 2 aromatic carbocycles. The number of methoxy groups -OCH3 is 1. The Morgan fingerprint density at radius 2 is 1.93 bits per heavy atom. The van der Waals surface area contributed by atoms with Crippen LogP contribution in [0.5, 0.6) is 11.5 Å². The number of carbonyl (C=O) groups excluding carboxylic acids is 1. The van der Waals surface area contributed by atoms with Gasteiger partial charge in [-0.3, -0.25) is 0 Å². The Bertz CT molecular complexity index is 966. The molecule has 0 atom stereocenters. The molecule has 3 rings (SSSR count). The second-order valence-corrected chi connectivity index (χ2v) is 5.52. The molecule has 0 saturated heterocycles. The maximum Gasteiger partial charge on any atom is 0.363 e. The molecule has 1 aliphatic heterocycles. The molecule has 0 aliphatic carbocycles. The van der Waals surface area contributed by atoms with Crippen LogP contribution >= 0.6 is 0 Å². The first-order valence-electron chi connectivity index (χ1n) is 8.19. The number of ether oxygens (including phenoxy) is 3. The number of rotatable bonds is 6. The van der Waals surface area contributed by atoms with Crippen LogP contribution in [0.2, 0.25) is 0 Å². The van der Waals surface area contributed by atoms with Gasteiger partial charge in [0.05, 0.1) is 7.11 Å². The zero-order chi connectivity index (χ0) is 19.1. The first-order chi connectivity index (χ1) is 13.2. The molecular weight excluding hydrogens is 342 g/mol. The molecule has 0 N–H and O–H groups in total. The molecule has 27 heavy (non-hydrogen) atoms. The fourth-order valence-electron chi connectivity index (χ4n) is 2.40. The van der Waals surface area contributed by atoms with E-state index in [2.05, 4.69) is 10.9 Å². The van der Waals surface area contributed by atoms with Gasteiger partial charge in [-0.2, -0.15) is 0 Å². The predicted octanol–water partition coefficient (Wildman–Crippen LogP) is 3.72. The minimum atomic E-state index is -0.505. The molecule has 0 radical (unpaired) electrons. The van der Waals surface area contributed by atoms with E-state index in [1.54, 1.807) is 30.4 Å². The Labute approximate surface area is 157 Å². The summed E-state index contributed by atoms with van der Waals surface area (Å²) >= 11 is 0. The van der Waals surface area contributed by atoms with Gasteiger partial charge in [-0.15, -0.1) is 6.42 Å². The van der Waals surface area contributed by atoms with Crippen molar-refractivity contribution >= 4 is 24.0 Å². The lowest BCUT2D eigenvalue weighted by atomic mass is 10.1. The number of nitrogens with zero attached hydrogens (tertiary/aromatic N) is 1. The lowest BCUT2D eigenvalue weighted by molar-refractivity contribution is -0.129. The second-order valence-electron chi connectivity index (χ2n) is 5.52. The average Bonchev–Trinajstić information content (AvgIpc) is 3.05. The fourth-order valence-corrected chi connectivity index (χ4v) is 2.40. The first-order valence-corrected chi connectivity index (χ1v) is 8.19. The molecule has 5 nitrogen and oxygen atoms in total. The van der Waals surface area contributed by atoms with E-state index in [9.17, 15) is 4.79 Å². The van der Waals surface area contributed by atoms with Gasteiger partial charge in [-0.05, 0) is 35.4 Å². The van der Waals surface area contributed by atoms with Gasteiger partial charge in [0.2, 0.25) is 5.90 Å². The summed E-state index contributed by atoms with van der Waals surface area (Å²) in [5.74, 6) is 3.18. The van der Waals surface area contributed by atoms with Crippen molar-refractivity contribution in [1.29, 1.82) is 0 Å². The van der Waals surface area contributed by atoms with Crippen molar-refractivity contribution in [3.8, 4) is 23.8 Å². The van der Waals surface area contributed by atoms with Crippen molar-refractivity contribution in [2.45, 2.75) is 0 Å². The number of carbonyl (C=O) groups is 1. The van der Waals surface area contributed by atoms with Gasteiger partial charge in [-0.25, -0.2) is 9.79 Å². The van der Waals surface area contributed by atoms with Crippen molar-refractivity contribution in [2.24, 2.45) is 4.99 Å². The molecule has 2 aromatic rings. The summed E-state index contributed by atoms with van der Waals surface area (Å²) < 4.78 is 15.9. The van der Waals surface area contributed by atoms with E-state index in [-0.39, 0.29) is 18.2 Å². The van der Waals surface area contributed by atoms with Crippen LogP contribution in [0.1, 0.15) is 11.1 Å². The van der Waals surface area contributed by atoms with Crippen LogP contribution in [0.4, 0.5) is 0 Å². The van der Waals surface area contributed by atoms with Gasteiger partial charge in [0.1, 0.15) is 6.61 Å². The summed E-state index contributed by atoms with van der Waals surface area (Å²) in [5, 5.41) is 0. The molecular formula is C22H17NO4. The van der Waals surface area contributed by atoms with Crippen molar-refractivity contribution < 1.29 is 19.0 Å². The van der Waals surface area contributed by atoms with E-state index in [1.807, 2.05) is 36.4 Å². The van der Waals surface area contributed by atoms with E-state index in [0.717, 1.165) is 11.1 Å². The Hall–Kier alpha value is -3.78. The fraction of sp³-hybridized carbons (Fsp3) is 0.0909. The second kappa shape index (κ2) is 8.54. The van der Waals surface area contributed by atoms with Crippen molar-refractivity contribution in [1.82, 2.24) is 0 Å². The van der Waals surface area contributed by atoms with Gasteiger partial charge < -0.3 is 14.2 Å². The Morgan fingerprint density at radius 3 is 2.67 bits per heavy atom. The summed E-state index contributed by atoms with van der Waals surface area (Å²) in [4.78, 5) is 16.3. The molecule has 1 heterocycles. The van der Waals surface area contributed by atoms with Crippen LogP contribution in [0.15, 0.2) is 65.3 Å². The van der Waals surface area contributed by atoms with Crippen LogP contribution in [0, 0.1) is 12.3 Å². The number of benzene rings is 2. The summed E-state index contributed by atoms with van der Waals surface area (Å²) in [6.45, 7) is 0.143. The van der Waals surface area contributed by atoms with E-state index < -0.39 is 5.97 Å². The van der Waals surface area contributed by atoms with Gasteiger partial charge >= 0.3 is 5.97 Å². The minimum absolute atomic E-state index is 0.143. The highest BCUT2D eigenvalue weighted by molar-refractivity contribution is 6.11. The molecule has 1 aliphatic rings. The molecule has 0 aromatic heterocycles. The topological polar surface area (TPSA) is 57.1 Å². The number of esters is 1. The molecule has 0 unspecified atom stereocenters. The maximum atomic E-state index is 12.0. The predicted molar refractivity (Wildman–Crippen MR) is 104 cm³/mol. The number of hydrogen-bond acceptors (Lipinski definition) is 5. The smallest absolute Gasteiger partial charge is 0.363 e. The monoisotopic (exact) mass is 359 g/mol. The molecule has 0 saturated carbocycles. The highest BCUT2D eigenvalue weighted by Gasteiger charge is 2.21. The minimum Gasteiger partial charge on any atom is -0.493 e. The van der Waals surface area contributed by atoms with E-state index in [4.69, 9.17) is 20.6 Å². The van der Waals surface area contributed by atoms with Gasteiger partial charge in [0, 0.05) is 6.08 Å². The van der Waals surface area contributed by atoms with Crippen molar-refractivity contribution in [3.05, 3.63) is 71.4 Å². The Morgan fingerprint density at radius 1 is 1.11 bits per heavy atom. The lowest BCUT2D eigenvalue weighted by Gasteiger charge is -2.09. The Balaban J connectivity index is 1.80. The van der Waals surface area contributed by atoms with Crippen LogP contribution in [0.25, 0.3) is 12.2 Å². The summed E-state index contributed by atoms with van der Waals surface area (Å²) in [6.07, 6.45) is 10.3. The van der Waals surface area contributed by atoms with E-state index in [1.165, 1.54) is 7.11 Å². The zero-order valence-corrected chi connectivity index (χ0v) is 14.7. The zero-order valence-electron chi connectivity index (χ0n) is 14.7. The van der Waals surface area contributed by atoms with Crippen LogP contribution < -0.4 is 9.47 Å². The molecule has 0 bridgehead atoms. The van der Waals surface area contributed by atoms with Crippen molar-refractivity contribution in [3.63, 3.8) is 0 Å². The number of terminal acetylenes is 1. The summed E-state index contributed by atoms with van der Waals surface area (Å²) in [7, 11) is 1.53. The Kier molecular flexibility index (Phi) is 5.70. The third-order valence-electron chi connectivity index (χ3n) is 3.66. The summed E-state index contributed by atoms with van der Waals surface area (Å²) in [5.41, 5.74) is 1.92. The largest absolute Gasteiger partial charge is 0.493 e. The summed E-state index contributed by atoms with van der Waals surface area (Å²) in [6, 6.07) is 14.9. The van der Waals surface area contributed by atoms with Gasteiger partial charge in [-0.1, -0.05) is 42.3 Å². The molecule has 0 spiro atoms. The molecule has 0 fully saturated rings. The third-order valence-corrected chi connectivity index (χ3v) is 3.66. The van der Waals surface area contributed by atoms with Gasteiger partial charge in [0.15, 0.2) is 17.2 Å². The van der Waals surface area contributed by atoms with E-state index in [0.29, 0.717) is 11.5 Å². The van der Waals surface area contributed by atoms with Gasteiger partial charge in [0.25, 0.3) is 0 Å². The molecule has 0 amide bonds. The van der Waals surface area contributed by atoms with Crippen LogP contribution in [-0.4, -0.2) is 25.6 Å². The highest BCUT2D eigenvalue weighted by atomic mass is 16.6. The van der Waals surface area contributed by atoms with E-state index >= 15 is 0 Å². The maximum absolute atomic E-state index is 12.0. The first kappa shape index (κ1) is 18.0. The van der Waals surface area contributed by atoms with Crippen LogP contribution in [-0.2, 0) is 9.53 Å². The van der Waals surface area contributed by atoms with Crippen LogP contribution in [0.3, 0.4) is 0 Å². The number of aliphatic imine (C=N–C) groups is 1. The third kappa shape index (κ3) is 4.65. The highest BCUT2D eigenvalue weighted by Crippen LogP contribution is 2.29. The standard InChI is InChI=1S/C22H17NO4/c1-3-13-26-19-11-9-17(15-20(19)25-2)14-18-22(24)27-21(23-18)12-10-16-7-5-4-6-8-16/h1,4-12,14-15H,13H2,2H3/b12-10-,18-14+. The molecule has 134 valence electrons. The van der Waals surface area contributed by atoms with Crippen molar-refractivity contribution in [2.75, 3.05) is 13.7 Å². The average molecular weight is 359 g/mol. The number of hydrogen-bond donors (Lipinski definition) is 0. The number of cyclic esters (lactones) is 1. The normalized spacial score (nSPS) is 14.7. The quantitative estimate of drug-likeness (QED) is 0.448. The SMILES string of the molecule is C#CCOc1ccc(/C=C2N=C(/C=C\c3ccccc3)OC/2=O)cc1OC.